The van der Waals surface area contributed by atoms with Crippen molar-refractivity contribution in [3.8, 4) is 17.2 Å². The van der Waals surface area contributed by atoms with Gasteiger partial charge in [0.15, 0.2) is 11.5 Å². The number of ether oxygens (including phenoxy) is 3. The van der Waals surface area contributed by atoms with E-state index in [1.54, 1.807) is 18.4 Å². The van der Waals surface area contributed by atoms with Gasteiger partial charge in [0, 0.05) is 6.42 Å². The number of hydrogen-bond acceptors (Lipinski definition) is 4. The topological polar surface area (TPSA) is 27.7 Å². The largest absolute Gasteiger partial charge is 0.496 e. The predicted octanol–water partition coefficient (Wildman–Crippen LogP) is 4.25. The van der Waals surface area contributed by atoms with Crippen molar-refractivity contribution in [2.45, 2.75) is 11.8 Å². The molecular weight excluding hydrogens is 296 g/mol. The van der Waals surface area contributed by atoms with Crippen molar-refractivity contribution in [2.24, 2.45) is 0 Å². The normalized spacial score (nSPS) is 15.5. The summed E-state index contributed by atoms with van der Waals surface area (Å²) in [5.41, 5.74) is 0.983. The Bertz CT molecular complexity index is 597. The van der Waals surface area contributed by atoms with Gasteiger partial charge in [-0.1, -0.05) is 6.07 Å². The third-order valence-electron chi connectivity index (χ3n) is 3.17. The Labute approximate surface area is 127 Å². The molecule has 106 valence electrons. The van der Waals surface area contributed by atoms with Crippen molar-refractivity contribution in [3.63, 3.8) is 0 Å². The Balaban J connectivity index is 1.92. The molecular formula is C15H15ClO3S. The first-order valence-electron chi connectivity index (χ1n) is 6.44. The Hall–Kier alpha value is -1.39. The van der Waals surface area contributed by atoms with E-state index in [4.69, 9.17) is 25.8 Å². The predicted molar refractivity (Wildman–Crippen MR) is 80.6 cm³/mol. The molecule has 1 aromatic carbocycles. The molecule has 0 bridgehead atoms. The molecule has 0 radical (unpaired) electrons. The minimum Gasteiger partial charge on any atom is -0.496 e. The molecule has 0 saturated carbocycles. The first-order chi connectivity index (χ1) is 9.79. The lowest BCUT2D eigenvalue weighted by molar-refractivity contribution is 0.297. The smallest absolute Gasteiger partial charge is 0.161 e. The van der Waals surface area contributed by atoms with Gasteiger partial charge in [0.25, 0.3) is 0 Å². The molecule has 3 nitrogen and oxygen atoms in total. The first-order valence-corrected chi connectivity index (χ1v) is 7.76. The third-order valence-corrected chi connectivity index (χ3v) is 4.73. The monoisotopic (exact) mass is 310 g/mol. The highest BCUT2D eigenvalue weighted by molar-refractivity contribution is 7.10. The van der Waals surface area contributed by atoms with Gasteiger partial charge >= 0.3 is 0 Å². The van der Waals surface area contributed by atoms with Gasteiger partial charge in [0.1, 0.15) is 5.75 Å². The van der Waals surface area contributed by atoms with Crippen LogP contribution in [0.25, 0.3) is 0 Å². The van der Waals surface area contributed by atoms with Crippen LogP contribution in [-0.4, -0.2) is 20.3 Å². The van der Waals surface area contributed by atoms with Gasteiger partial charge in [0.05, 0.1) is 30.6 Å². The lowest BCUT2D eigenvalue weighted by Crippen LogP contribution is -1.97. The quantitative estimate of drug-likeness (QED) is 0.793. The van der Waals surface area contributed by atoms with Gasteiger partial charge in [-0.2, -0.15) is 0 Å². The summed E-state index contributed by atoms with van der Waals surface area (Å²) < 4.78 is 16.7. The number of benzene rings is 1. The van der Waals surface area contributed by atoms with Crippen LogP contribution in [0.1, 0.15) is 22.2 Å². The molecule has 0 saturated heterocycles. The van der Waals surface area contributed by atoms with Gasteiger partial charge in [0.2, 0.25) is 0 Å². The standard InChI is InChI=1S/C15H15ClO3S/c1-17-12-5-8-20-15(12)14(16)10-3-4-11-13(9-10)19-7-2-6-18-11/h3-5,8-9,14H,2,6-7H2,1H3. The molecule has 1 atom stereocenters. The maximum absolute atomic E-state index is 6.57. The molecule has 3 rings (SSSR count). The number of hydrogen-bond donors (Lipinski definition) is 0. The lowest BCUT2D eigenvalue weighted by atomic mass is 10.1. The maximum Gasteiger partial charge on any atom is 0.161 e. The van der Waals surface area contributed by atoms with Crippen molar-refractivity contribution in [3.05, 3.63) is 40.1 Å². The molecule has 20 heavy (non-hydrogen) atoms. The summed E-state index contributed by atoms with van der Waals surface area (Å²) in [5.74, 6) is 2.37. The van der Waals surface area contributed by atoms with Crippen molar-refractivity contribution in [1.82, 2.24) is 0 Å². The zero-order valence-corrected chi connectivity index (χ0v) is 12.7. The average molecular weight is 311 g/mol. The summed E-state index contributed by atoms with van der Waals surface area (Å²) in [4.78, 5) is 1.00. The molecule has 0 aliphatic carbocycles. The molecule has 0 N–H and O–H groups in total. The van der Waals surface area contributed by atoms with Gasteiger partial charge in [-0.15, -0.1) is 22.9 Å². The van der Waals surface area contributed by atoms with Crippen molar-refractivity contribution < 1.29 is 14.2 Å². The lowest BCUT2D eigenvalue weighted by Gasteiger charge is -2.13. The summed E-state index contributed by atoms with van der Waals surface area (Å²) >= 11 is 8.16. The number of methoxy groups -OCH3 is 1. The molecule has 1 aromatic heterocycles. The maximum atomic E-state index is 6.57. The van der Waals surface area contributed by atoms with E-state index < -0.39 is 0 Å². The number of thiophene rings is 1. The summed E-state index contributed by atoms with van der Waals surface area (Å²) in [6.45, 7) is 1.36. The van der Waals surface area contributed by atoms with Crippen molar-refractivity contribution in [2.75, 3.05) is 20.3 Å². The molecule has 5 heteroatoms. The van der Waals surface area contributed by atoms with E-state index >= 15 is 0 Å². The SMILES string of the molecule is COc1ccsc1C(Cl)c1ccc2c(c1)OCCCO2. The van der Waals surface area contributed by atoms with Crippen molar-refractivity contribution >= 4 is 22.9 Å². The van der Waals surface area contributed by atoms with E-state index in [2.05, 4.69) is 0 Å². The Kier molecular flexibility index (Phi) is 4.03. The highest BCUT2D eigenvalue weighted by Crippen LogP contribution is 2.41. The number of halogens is 1. The fourth-order valence-electron chi connectivity index (χ4n) is 2.15. The molecule has 2 aromatic rings. The van der Waals surface area contributed by atoms with Crippen LogP contribution in [0.2, 0.25) is 0 Å². The van der Waals surface area contributed by atoms with E-state index in [-0.39, 0.29) is 5.38 Å². The van der Waals surface area contributed by atoms with E-state index in [0.29, 0.717) is 13.2 Å². The second-order valence-corrected chi connectivity index (χ2v) is 5.86. The van der Waals surface area contributed by atoms with Gasteiger partial charge in [-0.05, 0) is 29.1 Å². The number of rotatable bonds is 3. The van der Waals surface area contributed by atoms with Gasteiger partial charge in [-0.25, -0.2) is 0 Å². The number of alkyl halides is 1. The average Bonchev–Trinajstić information content (AvgIpc) is 2.83. The van der Waals surface area contributed by atoms with E-state index in [9.17, 15) is 0 Å². The summed E-state index contributed by atoms with van der Waals surface area (Å²) in [5, 5.41) is 1.73. The first kappa shape index (κ1) is 13.6. The van der Waals surface area contributed by atoms with Gasteiger partial charge in [-0.3, -0.25) is 0 Å². The van der Waals surface area contributed by atoms with Crippen LogP contribution in [0.3, 0.4) is 0 Å². The Morgan fingerprint density at radius 3 is 2.80 bits per heavy atom. The molecule has 1 aliphatic rings. The van der Waals surface area contributed by atoms with Crippen LogP contribution in [-0.2, 0) is 0 Å². The zero-order valence-electron chi connectivity index (χ0n) is 11.1. The van der Waals surface area contributed by atoms with Crippen LogP contribution in [0.5, 0.6) is 17.2 Å². The van der Waals surface area contributed by atoms with Crippen LogP contribution in [0.15, 0.2) is 29.6 Å². The fourth-order valence-corrected chi connectivity index (χ4v) is 3.41. The summed E-state index contributed by atoms with van der Waals surface area (Å²) in [6, 6.07) is 7.78. The van der Waals surface area contributed by atoms with Crippen LogP contribution in [0.4, 0.5) is 0 Å². The highest BCUT2D eigenvalue weighted by atomic mass is 35.5. The second kappa shape index (κ2) is 5.94. The molecule has 1 aliphatic heterocycles. The van der Waals surface area contributed by atoms with Crippen LogP contribution >= 0.6 is 22.9 Å². The molecule has 0 fully saturated rings. The Morgan fingerprint density at radius 1 is 1.20 bits per heavy atom. The fraction of sp³-hybridized carbons (Fsp3) is 0.333. The summed E-state index contributed by atoms with van der Waals surface area (Å²) in [6.07, 6.45) is 0.896. The van der Waals surface area contributed by atoms with Crippen molar-refractivity contribution in [1.29, 1.82) is 0 Å². The minimum absolute atomic E-state index is 0.248. The number of fused-ring (bicyclic) bond motifs is 1. The Morgan fingerprint density at radius 2 is 2.00 bits per heavy atom. The van der Waals surface area contributed by atoms with E-state index in [0.717, 1.165) is 34.1 Å². The van der Waals surface area contributed by atoms with E-state index in [1.807, 2.05) is 29.6 Å². The van der Waals surface area contributed by atoms with Crippen LogP contribution in [0, 0.1) is 0 Å². The highest BCUT2D eigenvalue weighted by Gasteiger charge is 2.20. The third kappa shape index (κ3) is 2.58. The zero-order chi connectivity index (χ0) is 13.9. The molecule has 1 unspecified atom stereocenters. The van der Waals surface area contributed by atoms with Gasteiger partial charge < -0.3 is 14.2 Å². The van der Waals surface area contributed by atoms with Crippen LogP contribution < -0.4 is 14.2 Å². The molecule has 0 amide bonds. The second-order valence-electron chi connectivity index (χ2n) is 4.47. The minimum atomic E-state index is -0.248. The molecule has 2 heterocycles. The van der Waals surface area contributed by atoms with E-state index in [1.165, 1.54) is 0 Å². The summed E-state index contributed by atoms with van der Waals surface area (Å²) in [7, 11) is 1.66. The molecule has 0 spiro atoms.